The lowest BCUT2D eigenvalue weighted by Crippen LogP contribution is -2.48. The minimum atomic E-state index is -0.647. The largest absolute Gasteiger partial charge is 0.480 e. The zero-order chi connectivity index (χ0) is 22.5. The minimum absolute atomic E-state index is 0. The highest BCUT2D eigenvalue weighted by Gasteiger charge is 2.31. The molecule has 180 valence electrons. The molecule has 6 rings (SSSR count). The van der Waals surface area contributed by atoms with Crippen LogP contribution in [0.1, 0.15) is 23.3 Å². The molecule has 0 bridgehead atoms. The molecule has 1 saturated heterocycles. The lowest BCUT2D eigenvalue weighted by atomic mass is 9.98. The smallest absolute Gasteiger partial charge is 0.251 e. The third-order valence-corrected chi connectivity index (χ3v) is 7.81. The van der Waals surface area contributed by atoms with Gasteiger partial charge in [-0.05, 0) is 29.7 Å². The molecule has 0 radical (unpaired) electrons. The molecule has 5 heterocycles. The van der Waals surface area contributed by atoms with Crippen molar-refractivity contribution in [2.45, 2.75) is 23.5 Å². The van der Waals surface area contributed by atoms with Crippen molar-refractivity contribution in [2.75, 3.05) is 45.2 Å². The topological polar surface area (TPSA) is 70.8 Å². The number of hydrogen-bond acceptors (Lipinski definition) is 7. The molecule has 0 aliphatic carbocycles. The number of β-amino-alcohol motifs (C(OH)–C–C–N with tert-alkyl or cyclic N) is 1. The number of rotatable bonds is 5. The Kier molecular flexibility index (Phi) is 6.56. The highest BCUT2D eigenvalue weighted by Crippen LogP contribution is 2.37. The van der Waals surface area contributed by atoms with Crippen LogP contribution in [0.25, 0.3) is 10.9 Å². The van der Waals surface area contributed by atoms with Crippen molar-refractivity contribution >= 4 is 35.1 Å². The Morgan fingerprint density at radius 3 is 2.76 bits per heavy atom. The number of nitrogens with zero attached hydrogens (tertiary/aromatic N) is 4. The van der Waals surface area contributed by atoms with Gasteiger partial charge < -0.3 is 19.3 Å². The van der Waals surface area contributed by atoms with Gasteiger partial charge in [0.1, 0.15) is 17.9 Å². The molecule has 2 aromatic heterocycles. The average Bonchev–Trinajstić information content (AvgIpc) is 3.45. The Morgan fingerprint density at radius 2 is 1.94 bits per heavy atom. The molecule has 0 spiro atoms. The van der Waals surface area contributed by atoms with Gasteiger partial charge >= 0.3 is 0 Å². The molecule has 1 N–H and O–H groups in total. The van der Waals surface area contributed by atoms with Crippen LogP contribution in [-0.4, -0.2) is 69.7 Å². The van der Waals surface area contributed by atoms with Gasteiger partial charge in [-0.1, -0.05) is 11.8 Å². The number of benzene rings is 1. The Labute approximate surface area is 206 Å². The third-order valence-electron chi connectivity index (χ3n) is 6.95. The molecule has 0 saturated carbocycles. The van der Waals surface area contributed by atoms with Crippen LogP contribution in [0.15, 0.2) is 46.2 Å². The Hall–Kier alpha value is -2.17. The van der Waals surface area contributed by atoms with Crippen LogP contribution >= 0.6 is 24.2 Å². The van der Waals surface area contributed by atoms with Crippen LogP contribution in [0.3, 0.4) is 0 Å². The first kappa shape index (κ1) is 23.6. The average molecular weight is 505 g/mol. The van der Waals surface area contributed by atoms with E-state index in [1.165, 1.54) is 6.07 Å². The number of halogens is 2. The van der Waals surface area contributed by atoms with Crippen molar-refractivity contribution in [1.29, 1.82) is 0 Å². The summed E-state index contributed by atoms with van der Waals surface area (Å²) >= 11 is 1.61. The van der Waals surface area contributed by atoms with E-state index >= 15 is 0 Å². The van der Waals surface area contributed by atoms with E-state index in [1.807, 2.05) is 6.07 Å². The summed E-state index contributed by atoms with van der Waals surface area (Å²) in [6, 6.07) is 8.53. The molecular weight excluding hydrogens is 479 g/mol. The van der Waals surface area contributed by atoms with E-state index in [0.717, 1.165) is 54.3 Å². The molecule has 10 heteroatoms. The molecule has 34 heavy (non-hydrogen) atoms. The van der Waals surface area contributed by atoms with Crippen molar-refractivity contribution < 1.29 is 14.2 Å². The summed E-state index contributed by atoms with van der Waals surface area (Å²) in [5.74, 6) is 1.12. The van der Waals surface area contributed by atoms with E-state index < -0.39 is 6.10 Å². The molecule has 3 aliphatic heterocycles. The number of aliphatic hydroxyl groups excluding tert-OH is 1. The van der Waals surface area contributed by atoms with Gasteiger partial charge in [0.25, 0.3) is 5.56 Å². The summed E-state index contributed by atoms with van der Waals surface area (Å²) in [6.07, 6.45) is 1.04. The van der Waals surface area contributed by atoms with Gasteiger partial charge in [0.15, 0.2) is 5.75 Å². The molecule has 1 fully saturated rings. The van der Waals surface area contributed by atoms with Gasteiger partial charge in [0.2, 0.25) is 0 Å². The fourth-order valence-electron chi connectivity index (χ4n) is 5.23. The maximum Gasteiger partial charge on any atom is 0.251 e. The zero-order valence-electron chi connectivity index (χ0n) is 18.5. The van der Waals surface area contributed by atoms with Crippen LogP contribution in [-0.2, 0) is 6.54 Å². The predicted molar refractivity (Wildman–Crippen MR) is 132 cm³/mol. The fraction of sp³-hybridized carbons (Fsp3) is 0.417. The zero-order valence-corrected chi connectivity index (χ0v) is 20.2. The van der Waals surface area contributed by atoms with Crippen LogP contribution in [0.4, 0.5) is 4.39 Å². The molecule has 1 aromatic carbocycles. The molecule has 3 aromatic rings. The highest BCUT2D eigenvalue weighted by molar-refractivity contribution is 7.99. The Balaban J connectivity index is 0.00000241. The first-order chi connectivity index (χ1) is 16.1. The maximum absolute atomic E-state index is 14.8. The van der Waals surface area contributed by atoms with E-state index in [0.29, 0.717) is 30.3 Å². The van der Waals surface area contributed by atoms with Crippen molar-refractivity contribution in [3.63, 3.8) is 0 Å². The second kappa shape index (κ2) is 9.47. The number of piperazine rings is 1. The summed E-state index contributed by atoms with van der Waals surface area (Å²) in [5.41, 5.74) is 2.03. The SMILES string of the molecule is Cl.O=c1ccc2ccc(F)c3c2n1CC3CN1CCN(CC(O)c2cc3c(cn2)OCS3)CC1. The van der Waals surface area contributed by atoms with Gasteiger partial charge in [-0.25, -0.2) is 4.39 Å². The number of ether oxygens (including phenoxy) is 1. The monoisotopic (exact) mass is 504 g/mol. The molecule has 3 aliphatic rings. The summed E-state index contributed by atoms with van der Waals surface area (Å²) in [4.78, 5) is 22.3. The predicted octanol–water partition coefficient (Wildman–Crippen LogP) is 2.85. The number of aliphatic hydroxyl groups is 1. The van der Waals surface area contributed by atoms with Crippen molar-refractivity contribution in [3.8, 4) is 5.75 Å². The van der Waals surface area contributed by atoms with Crippen LogP contribution < -0.4 is 10.3 Å². The van der Waals surface area contributed by atoms with E-state index in [4.69, 9.17) is 4.74 Å². The number of aromatic nitrogens is 2. The third kappa shape index (κ3) is 4.20. The molecule has 2 atom stereocenters. The fourth-order valence-corrected chi connectivity index (χ4v) is 6.00. The summed E-state index contributed by atoms with van der Waals surface area (Å²) in [7, 11) is 0. The molecule has 0 amide bonds. The first-order valence-electron chi connectivity index (χ1n) is 11.3. The van der Waals surface area contributed by atoms with Gasteiger partial charge in [-0.3, -0.25) is 14.7 Å². The van der Waals surface area contributed by atoms with E-state index in [1.54, 1.807) is 40.7 Å². The summed E-state index contributed by atoms with van der Waals surface area (Å²) in [6.45, 7) is 5.11. The van der Waals surface area contributed by atoms with Crippen LogP contribution in [0, 0.1) is 5.82 Å². The molecule has 7 nitrogen and oxygen atoms in total. The van der Waals surface area contributed by atoms with Gasteiger partial charge in [-0.15, -0.1) is 12.4 Å². The summed E-state index contributed by atoms with van der Waals surface area (Å²) in [5, 5.41) is 11.6. The van der Waals surface area contributed by atoms with Gasteiger partial charge in [-0.2, -0.15) is 0 Å². The number of hydrogen-bond donors (Lipinski definition) is 1. The van der Waals surface area contributed by atoms with E-state index in [-0.39, 0.29) is 29.7 Å². The van der Waals surface area contributed by atoms with Gasteiger partial charge in [0.05, 0.1) is 22.3 Å². The Morgan fingerprint density at radius 1 is 1.18 bits per heavy atom. The van der Waals surface area contributed by atoms with Crippen LogP contribution in [0.2, 0.25) is 0 Å². The maximum atomic E-state index is 14.8. The summed E-state index contributed by atoms with van der Waals surface area (Å²) < 4.78 is 21.9. The standard InChI is InChI=1S/C24H25FN4O3S.ClH/c25-17-3-1-15-2-4-22(31)29-12-16(23(17)24(15)29)11-27-5-7-28(8-6-27)13-19(30)18-9-21-20(10-26-18)32-14-33-21;/h1-4,9-10,16,19,30H,5-8,11-14H2;1H. The number of fused-ring (bicyclic) bond motifs is 1. The quantitative estimate of drug-likeness (QED) is 0.573. The lowest BCUT2D eigenvalue weighted by Gasteiger charge is -2.36. The molecular formula is C24H26ClFN4O3S. The molecule has 2 unspecified atom stereocenters. The second-order valence-corrected chi connectivity index (χ2v) is 9.92. The van der Waals surface area contributed by atoms with Crippen molar-refractivity contribution in [1.82, 2.24) is 19.4 Å². The van der Waals surface area contributed by atoms with E-state index in [9.17, 15) is 14.3 Å². The normalized spacial score (nSPS) is 20.7. The van der Waals surface area contributed by atoms with Gasteiger partial charge in [0, 0.05) is 63.4 Å². The van der Waals surface area contributed by atoms with E-state index in [2.05, 4.69) is 14.8 Å². The first-order valence-corrected chi connectivity index (χ1v) is 12.3. The van der Waals surface area contributed by atoms with Crippen molar-refractivity contribution in [3.05, 3.63) is 64.0 Å². The number of thioether (sulfide) groups is 1. The Bertz CT molecular complexity index is 1280. The lowest BCUT2D eigenvalue weighted by molar-refractivity contribution is 0.0680. The second-order valence-electron chi connectivity index (χ2n) is 8.96. The minimum Gasteiger partial charge on any atom is -0.480 e. The van der Waals surface area contributed by atoms with Crippen molar-refractivity contribution in [2.24, 2.45) is 0 Å². The number of pyridine rings is 2. The highest BCUT2D eigenvalue weighted by atomic mass is 35.5. The van der Waals surface area contributed by atoms with Crippen LogP contribution in [0.5, 0.6) is 5.75 Å².